The fourth-order valence-corrected chi connectivity index (χ4v) is 3.44. The summed E-state index contributed by atoms with van der Waals surface area (Å²) < 4.78 is 5.88. The molecule has 0 saturated carbocycles. The minimum absolute atomic E-state index is 0.178. The highest BCUT2D eigenvalue weighted by molar-refractivity contribution is 6.04. The Hall–Kier alpha value is -3.99. The number of nitrogens with one attached hydrogen (secondary N) is 1. The van der Waals surface area contributed by atoms with Crippen LogP contribution in [0.5, 0.6) is 5.88 Å². The van der Waals surface area contributed by atoms with Crippen molar-refractivity contribution in [2.24, 2.45) is 0 Å². The molecule has 0 saturated heterocycles. The Balaban J connectivity index is 1.44. The lowest BCUT2D eigenvalue weighted by Crippen LogP contribution is -2.12. The number of nitrogens with zero attached hydrogens (tertiary/aromatic N) is 2. The lowest BCUT2D eigenvalue weighted by atomic mass is 10.1. The molecular formula is C27H25N3O2. The Bertz CT molecular complexity index is 1240. The molecule has 0 radical (unpaired) electrons. The van der Waals surface area contributed by atoms with Crippen LogP contribution >= 0.6 is 0 Å². The molecule has 2 aromatic carbocycles. The van der Waals surface area contributed by atoms with Gasteiger partial charge in [-0.05, 0) is 49.7 Å². The molecule has 0 aliphatic rings. The standard InChI is InChI=1S/C27H25N3O2/c1-19-6-3-7-21(16-19)13-15-32-26-11-5-10-25(30-26)22-8-4-9-23(18-22)27(31)29-24-12-14-28-20(2)17-24/h3-12,14,16-18H,13,15H2,1-2H3,(H,28,29,31). The summed E-state index contributed by atoms with van der Waals surface area (Å²) in [6.45, 7) is 4.52. The molecule has 0 atom stereocenters. The maximum Gasteiger partial charge on any atom is 0.255 e. The summed E-state index contributed by atoms with van der Waals surface area (Å²) in [5.74, 6) is 0.389. The van der Waals surface area contributed by atoms with Gasteiger partial charge in [0.1, 0.15) is 0 Å². The summed E-state index contributed by atoms with van der Waals surface area (Å²) >= 11 is 0. The highest BCUT2D eigenvalue weighted by atomic mass is 16.5. The van der Waals surface area contributed by atoms with Crippen LogP contribution in [0.3, 0.4) is 0 Å². The van der Waals surface area contributed by atoms with E-state index in [4.69, 9.17) is 4.74 Å². The van der Waals surface area contributed by atoms with Gasteiger partial charge >= 0.3 is 0 Å². The number of rotatable bonds is 7. The van der Waals surface area contributed by atoms with Crippen molar-refractivity contribution in [2.75, 3.05) is 11.9 Å². The smallest absolute Gasteiger partial charge is 0.255 e. The monoisotopic (exact) mass is 423 g/mol. The van der Waals surface area contributed by atoms with Gasteiger partial charge in [-0.15, -0.1) is 0 Å². The predicted octanol–water partition coefficient (Wildman–Crippen LogP) is 5.63. The molecule has 4 aromatic rings. The third kappa shape index (κ3) is 5.58. The van der Waals surface area contributed by atoms with E-state index in [1.807, 2.05) is 49.4 Å². The van der Waals surface area contributed by atoms with Crippen molar-refractivity contribution >= 4 is 11.6 Å². The first-order valence-electron chi connectivity index (χ1n) is 10.6. The van der Waals surface area contributed by atoms with Gasteiger partial charge in [-0.3, -0.25) is 9.78 Å². The first-order valence-corrected chi connectivity index (χ1v) is 10.6. The largest absolute Gasteiger partial charge is 0.477 e. The van der Waals surface area contributed by atoms with Crippen molar-refractivity contribution in [2.45, 2.75) is 20.3 Å². The van der Waals surface area contributed by atoms with E-state index in [2.05, 4.69) is 46.5 Å². The number of hydrogen-bond acceptors (Lipinski definition) is 4. The molecule has 0 aliphatic heterocycles. The van der Waals surface area contributed by atoms with Gasteiger partial charge in [-0.2, -0.15) is 0 Å². The predicted molar refractivity (Wildman–Crippen MR) is 127 cm³/mol. The van der Waals surface area contributed by atoms with Crippen LogP contribution in [-0.2, 0) is 6.42 Å². The molecular weight excluding hydrogens is 398 g/mol. The summed E-state index contributed by atoms with van der Waals surface area (Å²) in [7, 11) is 0. The Morgan fingerprint density at radius 2 is 1.78 bits per heavy atom. The number of anilines is 1. The average Bonchev–Trinajstić information content (AvgIpc) is 2.79. The first kappa shape index (κ1) is 21.2. The Kier molecular flexibility index (Phi) is 6.56. The van der Waals surface area contributed by atoms with Crippen LogP contribution in [0.15, 0.2) is 85.1 Å². The highest BCUT2D eigenvalue weighted by Gasteiger charge is 2.09. The summed E-state index contributed by atoms with van der Waals surface area (Å²) in [6, 6.07) is 25.1. The number of carbonyl (C=O) groups excluding carboxylic acids is 1. The Morgan fingerprint density at radius 3 is 2.62 bits per heavy atom. The zero-order valence-corrected chi connectivity index (χ0v) is 18.2. The van der Waals surface area contributed by atoms with E-state index >= 15 is 0 Å². The van der Waals surface area contributed by atoms with E-state index in [0.29, 0.717) is 18.1 Å². The van der Waals surface area contributed by atoms with Crippen LogP contribution < -0.4 is 10.1 Å². The van der Waals surface area contributed by atoms with Crippen LogP contribution in [0.4, 0.5) is 5.69 Å². The number of hydrogen-bond donors (Lipinski definition) is 1. The van der Waals surface area contributed by atoms with Crippen molar-refractivity contribution in [1.29, 1.82) is 0 Å². The third-order valence-corrected chi connectivity index (χ3v) is 5.02. The zero-order valence-electron chi connectivity index (χ0n) is 18.2. The Labute approximate surface area is 188 Å². The van der Waals surface area contributed by atoms with Crippen LogP contribution in [0.2, 0.25) is 0 Å². The van der Waals surface area contributed by atoms with Crippen molar-refractivity contribution in [3.63, 3.8) is 0 Å². The number of ether oxygens (including phenoxy) is 1. The first-order chi connectivity index (χ1) is 15.6. The lowest BCUT2D eigenvalue weighted by molar-refractivity contribution is 0.102. The van der Waals surface area contributed by atoms with Gasteiger partial charge in [-0.25, -0.2) is 4.98 Å². The average molecular weight is 424 g/mol. The normalized spacial score (nSPS) is 10.6. The zero-order chi connectivity index (χ0) is 22.3. The summed E-state index contributed by atoms with van der Waals surface area (Å²) in [5.41, 5.74) is 6.22. The van der Waals surface area contributed by atoms with Gasteiger partial charge in [0, 0.05) is 41.2 Å². The van der Waals surface area contributed by atoms with Gasteiger partial charge in [0.25, 0.3) is 5.91 Å². The molecule has 0 unspecified atom stereocenters. The molecule has 5 heteroatoms. The van der Waals surface area contributed by atoms with Crippen molar-refractivity contribution in [1.82, 2.24) is 9.97 Å². The van der Waals surface area contributed by atoms with E-state index in [9.17, 15) is 4.79 Å². The SMILES string of the molecule is Cc1cccc(CCOc2cccc(-c3cccc(C(=O)Nc4ccnc(C)c4)c3)n2)c1. The lowest BCUT2D eigenvalue weighted by Gasteiger charge is -2.09. The van der Waals surface area contributed by atoms with Gasteiger partial charge in [0.2, 0.25) is 5.88 Å². The second-order valence-corrected chi connectivity index (χ2v) is 7.67. The highest BCUT2D eigenvalue weighted by Crippen LogP contribution is 2.22. The fraction of sp³-hybridized carbons (Fsp3) is 0.148. The quantitative estimate of drug-likeness (QED) is 0.418. The number of pyridine rings is 2. The second-order valence-electron chi connectivity index (χ2n) is 7.67. The topological polar surface area (TPSA) is 64.1 Å². The third-order valence-electron chi connectivity index (χ3n) is 5.02. The number of benzene rings is 2. The Morgan fingerprint density at radius 1 is 0.938 bits per heavy atom. The molecule has 32 heavy (non-hydrogen) atoms. The molecule has 1 N–H and O–H groups in total. The second kappa shape index (κ2) is 9.88. The maximum atomic E-state index is 12.7. The number of amides is 1. The number of aryl methyl sites for hydroxylation is 2. The molecule has 0 bridgehead atoms. The molecule has 2 heterocycles. The fourth-order valence-electron chi connectivity index (χ4n) is 3.44. The van der Waals surface area contributed by atoms with E-state index in [1.165, 1.54) is 11.1 Å². The molecule has 0 aliphatic carbocycles. The molecule has 160 valence electrons. The maximum absolute atomic E-state index is 12.7. The molecule has 1 amide bonds. The molecule has 4 rings (SSSR count). The van der Waals surface area contributed by atoms with Crippen LogP contribution in [0, 0.1) is 13.8 Å². The minimum atomic E-state index is -0.178. The van der Waals surface area contributed by atoms with Gasteiger partial charge in [0.05, 0.1) is 12.3 Å². The number of carbonyl (C=O) groups is 1. The molecule has 0 fully saturated rings. The van der Waals surface area contributed by atoms with E-state index in [1.54, 1.807) is 18.3 Å². The van der Waals surface area contributed by atoms with Crippen LogP contribution in [-0.4, -0.2) is 22.5 Å². The molecule has 0 spiro atoms. The van der Waals surface area contributed by atoms with E-state index < -0.39 is 0 Å². The molecule has 2 aromatic heterocycles. The summed E-state index contributed by atoms with van der Waals surface area (Å²) in [6.07, 6.45) is 2.49. The van der Waals surface area contributed by atoms with Crippen molar-refractivity contribution in [3.8, 4) is 17.1 Å². The van der Waals surface area contributed by atoms with Crippen LogP contribution in [0.1, 0.15) is 27.2 Å². The summed E-state index contributed by atoms with van der Waals surface area (Å²) in [5, 5.41) is 2.91. The van der Waals surface area contributed by atoms with E-state index in [-0.39, 0.29) is 5.91 Å². The van der Waals surface area contributed by atoms with E-state index in [0.717, 1.165) is 29.1 Å². The van der Waals surface area contributed by atoms with Gasteiger partial charge in [-0.1, -0.05) is 48.0 Å². The van der Waals surface area contributed by atoms with Gasteiger partial charge < -0.3 is 10.1 Å². The summed E-state index contributed by atoms with van der Waals surface area (Å²) in [4.78, 5) is 21.5. The van der Waals surface area contributed by atoms with Crippen LogP contribution in [0.25, 0.3) is 11.3 Å². The van der Waals surface area contributed by atoms with Gasteiger partial charge in [0.15, 0.2) is 0 Å². The molecule has 5 nitrogen and oxygen atoms in total. The van der Waals surface area contributed by atoms with Crippen molar-refractivity contribution in [3.05, 3.63) is 107 Å². The van der Waals surface area contributed by atoms with Crippen molar-refractivity contribution < 1.29 is 9.53 Å². The number of aromatic nitrogens is 2. The minimum Gasteiger partial charge on any atom is -0.477 e.